The third-order valence-corrected chi connectivity index (χ3v) is 7.15. The van der Waals surface area contributed by atoms with Gasteiger partial charge in [0.25, 0.3) is 6.43 Å². The Balaban J connectivity index is 1.59. The fraction of sp³-hybridized carbons (Fsp3) is 0.412. The van der Waals surface area contributed by atoms with Crippen molar-refractivity contribution in [3.8, 4) is 5.75 Å². The van der Waals surface area contributed by atoms with Crippen LogP contribution in [0.25, 0.3) is 0 Å². The fourth-order valence-corrected chi connectivity index (χ4v) is 5.07. The molecular formula is C17H16F4N3O6PS. The van der Waals surface area contributed by atoms with Crippen LogP contribution in [0, 0.1) is 5.82 Å². The number of nitrogen functional groups attached to an aromatic ring is 1. The number of halogens is 4. The van der Waals surface area contributed by atoms with E-state index in [4.69, 9.17) is 35.8 Å². The number of aromatic nitrogens is 2. The number of aliphatic hydroxyl groups is 1. The lowest BCUT2D eigenvalue weighted by atomic mass is 9.98. The van der Waals surface area contributed by atoms with Crippen LogP contribution in [0.2, 0.25) is 0 Å². The summed E-state index contributed by atoms with van der Waals surface area (Å²) in [7, 11) is 0. The number of nitrogens with two attached hydrogens (primary N) is 1. The SMILES string of the molecule is Nc1nc(=O)n(C2OC(COP3(=S)OCc4ccccc4O3)(C(F)F)C(F)C2O)cc1F. The van der Waals surface area contributed by atoms with E-state index in [-0.39, 0.29) is 6.61 Å². The first-order valence-corrected chi connectivity index (χ1v) is 11.6. The van der Waals surface area contributed by atoms with Crippen molar-refractivity contribution in [3.63, 3.8) is 0 Å². The van der Waals surface area contributed by atoms with Crippen LogP contribution in [0.5, 0.6) is 5.75 Å². The second-order valence-corrected chi connectivity index (χ2v) is 9.95. The number of hydrogen-bond donors (Lipinski definition) is 2. The first kappa shape index (κ1) is 23.1. The number of para-hydroxylation sites is 1. The monoisotopic (exact) mass is 497 g/mol. The summed E-state index contributed by atoms with van der Waals surface area (Å²) in [4.78, 5) is 15.2. The molecule has 2 aliphatic heterocycles. The molecule has 1 saturated heterocycles. The number of benzene rings is 1. The normalized spacial score (nSPS) is 32.0. The molecule has 32 heavy (non-hydrogen) atoms. The van der Waals surface area contributed by atoms with Crippen LogP contribution in [0.1, 0.15) is 11.8 Å². The van der Waals surface area contributed by atoms with E-state index in [9.17, 15) is 27.5 Å². The van der Waals surface area contributed by atoms with Crippen molar-refractivity contribution in [1.82, 2.24) is 9.55 Å². The second kappa shape index (κ2) is 8.36. The summed E-state index contributed by atoms with van der Waals surface area (Å²) in [6.07, 6.45) is -10.1. The van der Waals surface area contributed by atoms with E-state index in [1.807, 2.05) is 0 Å². The number of anilines is 1. The maximum Gasteiger partial charge on any atom is 0.381 e. The predicted octanol–water partition coefficient (Wildman–Crippen LogP) is 2.05. The van der Waals surface area contributed by atoms with Crippen LogP contribution >= 0.6 is 6.72 Å². The van der Waals surface area contributed by atoms with Crippen molar-refractivity contribution in [1.29, 1.82) is 0 Å². The molecule has 0 radical (unpaired) electrons. The van der Waals surface area contributed by atoms with Gasteiger partial charge in [-0.15, -0.1) is 0 Å². The Morgan fingerprint density at radius 2 is 2.16 bits per heavy atom. The van der Waals surface area contributed by atoms with Gasteiger partial charge in [-0.3, -0.25) is 13.6 Å². The number of aliphatic hydroxyl groups excluding tert-OH is 1. The molecule has 1 aromatic heterocycles. The van der Waals surface area contributed by atoms with Crippen LogP contribution in [0.4, 0.5) is 23.4 Å². The third-order valence-electron chi connectivity index (χ3n) is 4.99. The van der Waals surface area contributed by atoms with Crippen LogP contribution in [0.3, 0.4) is 0 Å². The van der Waals surface area contributed by atoms with Gasteiger partial charge in [0, 0.05) is 17.4 Å². The maximum absolute atomic E-state index is 15.0. The van der Waals surface area contributed by atoms with Gasteiger partial charge in [-0.05, 0) is 6.07 Å². The molecule has 1 fully saturated rings. The van der Waals surface area contributed by atoms with E-state index in [1.165, 1.54) is 0 Å². The molecule has 2 aromatic rings. The van der Waals surface area contributed by atoms with Gasteiger partial charge < -0.3 is 20.1 Å². The predicted molar refractivity (Wildman–Crippen MR) is 105 cm³/mol. The molecule has 5 unspecified atom stereocenters. The Morgan fingerprint density at radius 3 is 2.88 bits per heavy atom. The average molecular weight is 497 g/mol. The zero-order valence-electron chi connectivity index (χ0n) is 15.9. The smallest absolute Gasteiger partial charge is 0.381 e. The molecule has 0 saturated carbocycles. The highest BCUT2D eigenvalue weighted by atomic mass is 32.5. The molecule has 174 valence electrons. The summed E-state index contributed by atoms with van der Waals surface area (Å²) in [5.41, 5.74) is 1.52. The summed E-state index contributed by atoms with van der Waals surface area (Å²) < 4.78 is 78.3. The second-order valence-electron chi connectivity index (χ2n) is 7.01. The maximum atomic E-state index is 15.0. The highest BCUT2D eigenvalue weighted by Crippen LogP contribution is 2.56. The topological polar surface area (TPSA) is 118 Å². The average Bonchev–Trinajstić information content (AvgIpc) is 3.01. The zero-order valence-corrected chi connectivity index (χ0v) is 17.6. The van der Waals surface area contributed by atoms with Crippen LogP contribution in [0.15, 0.2) is 35.3 Å². The van der Waals surface area contributed by atoms with Gasteiger partial charge in [0.2, 0.25) is 0 Å². The number of alkyl halides is 3. The Morgan fingerprint density at radius 1 is 1.44 bits per heavy atom. The van der Waals surface area contributed by atoms with Gasteiger partial charge in [-0.1, -0.05) is 18.2 Å². The molecule has 1 aromatic carbocycles. The molecule has 0 amide bonds. The van der Waals surface area contributed by atoms with Gasteiger partial charge in [0.1, 0.15) is 11.9 Å². The minimum Gasteiger partial charge on any atom is -0.424 e. The van der Waals surface area contributed by atoms with Gasteiger partial charge in [0.05, 0.1) is 19.4 Å². The zero-order chi connectivity index (χ0) is 23.3. The van der Waals surface area contributed by atoms with Gasteiger partial charge in [0.15, 0.2) is 29.6 Å². The van der Waals surface area contributed by atoms with Crippen molar-refractivity contribution < 1.29 is 41.0 Å². The number of ether oxygens (including phenoxy) is 1. The molecular weight excluding hydrogens is 481 g/mol. The summed E-state index contributed by atoms with van der Waals surface area (Å²) in [6.45, 7) is -4.83. The van der Waals surface area contributed by atoms with Crippen molar-refractivity contribution in [2.24, 2.45) is 0 Å². The van der Waals surface area contributed by atoms with E-state index in [0.29, 0.717) is 22.1 Å². The van der Waals surface area contributed by atoms with Crippen molar-refractivity contribution >= 4 is 24.3 Å². The van der Waals surface area contributed by atoms with Crippen LogP contribution in [-0.2, 0) is 32.2 Å². The summed E-state index contributed by atoms with van der Waals surface area (Å²) in [5.74, 6) is -1.63. The largest absolute Gasteiger partial charge is 0.424 e. The van der Waals surface area contributed by atoms with E-state index in [2.05, 4.69) is 4.98 Å². The van der Waals surface area contributed by atoms with Gasteiger partial charge in [-0.25, -0.2) is 22.4 Å². The first-order valence-electron chi connectivity index (χ1n) is 9.05. The fourth-order valence-electron chi connectivity index (χ4n) is 3.25. The minimum absolute atomic E-state index is 0.0218. The Kier molecular flexibility index (Phi) is 6.03. The lowest BCUT2D eigenvalue weighted by molar-refractivity contribution is -0.183. The Bertz CT molecular complexity index is 1140. The lowest BCUT2D eigenvalue weighted by Crippen LogP contribution is -2.50. The van der Waals surface area contributed by atoms with Gasteiger partial charge in [-0.2, -0.15) is 4.98 Å². The lowest BCUT2D eigenvalue weighted by Gasteiger charge is -2.33. The van der Waals surface area contributed by atoms with Crippen LogP contribution < -0.4 is 15.9 Å². The summed E-state index contributed by atoms with van der Waals surface area (Å²) in [6, 6.07) is 6.65. The molecule has 9 nitrogen and oxygen atoms in total. The highest BCUT2D eigenvalue weighted by molar-refractivity contribution is 8.07. The van der Waals surface area contributed by atoms with E-state index < -0.39 is 61.2 Å². The molecule has 0 spiro atoms. The highest BCUT2D eigenvalue weighted by Gasteiger charge is 2.62. The van der Waals surface area contributed by atoms with E-state index in [1.54, 1.807) is 24.3 Å². The first-order chi connectivity index (χ1) is 15.1. The Hall–Kier alpha value is -2.09. The molecule has 5 atom stereocenters. The minimum atomic E-state index is -3.63. The van der Waals surface area contributed by atoms with E-state index >= 15 is 0 Å². The summed E-state index contributed by atoms with van der Waals surface area (Å²) >= 11 is 5.17. The molecule has 2 aliphatic rings. The van der Waals surface area contributed by atoms with Gasteiger partial charge >= 0.3 is 12.4 Å². The molecule has 0 aliphatic carbocycles. The summed E-state index contributed by atoms with van der Waals surface area (Å²) in [5, 5.41) is 10.2. The molecule has 0 bridgehead atoms. The van der Waals surface area contributed by atoms with Crippen molar-refractivity contribution in [3.05, 3.63) is 52.3 Å². The molecule has 3 N–H and O–H groups in total. The quantitative estimate of drug-likeness (QED) is 0.473. The standard InChI is InChI=1S/C17H16F4N3O6PS/c18-9-5-24(16(26)23-13(9)22)14-11(25)12(19)17(29-14,15(20)21)7-28-31(32)27-6-8-3-1-2-4-10(8)30-31/h1-5,11-12,14-15,25H,6-7H2,(H2,22,23,26). The van der Waals surface area contributed by atoms with Crippen molar-refractivity contribution in [2.75, 3.05) is 12.3 Å². The molecule has 15 heteroatoms. The number of hydrogen-bond acceptors (Lipinski definition) is 9. The molecule has 4 rings (SSSR count). The number of nitrogens with zero attached hydrogens (tertiary/aromatic N) is 2. The van der Waals surface area contributed by atoms with E-state index in [0.717, 1.165) is 0 Å². The molecule has 3 heterocycles. The third kappa shape index (κ3) is 3.91. The number of rotatable bonds is 5. The Labute approximate surface area is 182 Å². The van der Waals surface area contributed by atoms with Crippen LogP contribution in [-0.4, -0.2) is 45.6 Å². The number of fused-ring (bicyclic) bond motifs is 1. The van der Waals surface area contributed by atoms with Crippen molar-refractivity contribution in [2.45, 2.75) is 37.1 Å².